The van der Waals surface area contributed by atoms with Crippen LogP contribution in [0.15, 0.2) is 47.8 Å². The lowest BCUT2D eigenvalue weighted by Crippen LogP contribution is -2.16. The van der Waals surface area contributed by atoms with Crippen LogP contribution in [0.2, 0.25) is 0 Å². The summed E-state index contributed by atoms with van der Waals surface area (Å²) in [5.41, 5.74) is 0.122. The van der Waals surface area contributed by atoms with Crippen molar-refractivity contribution in [2.45, 2.75) is 0 Å². The summed E-state index contributed by atoms with van der Waals surface area (Å²) >= 11 is 0. The first kappa shape index (κ1) is 10.8. The molecule has 0 aliphatic rings. The quantitative estimate of drug-likeness (QED) is 0.479. The van der Waals surface area contributed by atoms with Crippen LogP contribution in [0, 0.1) is 10.1 Å². The highest BCUT2D eigenvalue weighted by Crippen LogP contribution is 2.24. The molecule has 0 bridgehead atoms. The van der Waals surface area contributed by atoms with Crippen LogP contribution in [0.3, 0.4) is 0 Å². The summed E-state index contributed by atoms with van der Waals surface area (Å²) in [5, 5.41) is 20.2. The van der Waals surface area contributed by atoms with Gasteiger partial charge in [0.05, 0.1) is 4.92 Å². The van der Waals surface area contributed by atoms with E-state index in [1.54, 1.807) is 12.1 Å². The third kappa shape index (κ3) is 2.28. The second-order valence-corrected chi connectivity index (χ2v) is 3.14. The van der Waals surface area contributed by atoms with E-state index in [1.807, 2.05) is 0 Å². The Morgan fingerprint density at radius 1 is 1.41 bits per heavy atom. The lowest BCUT2D eigenvalue weighted by molar-refractivity contribution is -0.384. The Bertz CT molecular complexity index is 621. The summed E-state index contributed by atoms with van der Waals surface area (Å²) in [7, 11) is 0. The van der Waals surface area contributed by atoms with Gasteiger partial charge in [-0.05, 0) is 18.2 Å². The maximum absolute atomic E-state index is 10.7. The van der Waals surface area contributed by atoms with E-state index in [4.69, 9.17) is 0 Å². The molecule has 0 radical (unpaired) electrons. The van der Waals surface area contributed by atoms with E-state index in [1.165, 1.54) is 24.5 Å². The minimum Gasteiger partial charge on any atom is -0.427 e. The summed E-state index contributed by atoms with van der Waals surface area (Å²) < 4.78 is 0.782. The van der Waals surface area contributed by atoms with Crippen LogP contribution in [0.1, 0.15) is 0 Å². The summed E-state index contributed by atoms with van der Waals surface area (Å²) in [6.07, 6.45) is 3.89. The first-order valence-electron chi connectivity index (χ1n) is 4.68. The number of hydrogen-bond acceptors (Lipinski definition) is 5. The lowest BCUT2D eigenvalue weighted by atomic mass is 10.3. The largest absolute Gasteiger partial charge is 0.427 e. The highest BCUT2D eigenvalue weighted by Gasteiger charge is 2.12. The molecule has 2 aromatic rings. The average Bonchev–Trinajstić information content (AvgIpc) is 2.32. The van der Waals surface area contributed by atoms with Crippen LogP contribution >= 0.6 is 0 Å². The van der Waals surface area contributed by atoms with Gasteiger partial charge in [-0.1, -0.05) is 6.07 Å². The zero-order valence-corrected chi connectivity index (χ0v) is 8.59. The topological polar surface area (TPSA) is 93.5 Å². The van der Waals surface area contributed by atoms with Crippen LogP contribution < -0.4 is 5.49 Å². The van der Waals surface area contributed by atoms with Crippen molar-refractivity contribution in [3.63, 3.8) is 0 Å². The van der Waals surface area contributed by atoms with E-state index in [0.29, 0.717) is 0 Å². The normalized spacial score (nSPS) is 11.4. The van der Waals surface area contributed by atoms with Crippen molar-refractivity contribution in [2.75, 3.05) is 0 Å². The molecule has 0 spiro atoms. The molecule has 1 N–H and O–H groups in total. The maximum atomic E-state index is 10.7. The lowest BCUT2D eigenvalue weighted by Gasteiger charge is -1.98. The zero-order valence-electron chi connectivity index (χ0n) is 8.59. The van der Waals surface area contributed by atoms with Gasteiger partial charge < -0.3 is 5.21 Å². The van der Waals surface area contributed by atoms with Gasteiger partial charge in [0, 0.05) is 12.4 Å². The van der Waals surface area contributed by atoms with Crippen molar-refractivity contribution in [2.24, 2.45) is 4.99 Å². The van der Waals surface area contributed by atoms with Gasteiger partial charge >= 0.3 is 5.69 Å². The fourth-order valence-corrected chi connectivity index (χ4v) is 1.25. The molecular weight excluding hydrogens is 224 g/mol. The summed E-state index contributed by atoms with van der Waals surface area (Å²) in [6.45, 7) is 0. The van der Waals surface area contributed by atoms with Crippen LogP contribution in [-0.4, -0.2) is 19.8 Å². The SMILES string of the molecule is O=[N+]([O-])c1cnccc1N=c1ccccn1O. The van der Waals surface area contributed by atoms with Gasteiger partial charge in [0.1, 0.15) is 11.9 Å². The van der Waals surface area contributed by atoms with Gasteiger partial charge in [-0.15, -0.1) is 0 Å². The van der Waals surface area contributed by atoms with E-state index in [2.05, 4.69) is 9.98 Å². The number of pyridine rings is 2. The molecule has 7 nitrogen and oxygen atoms in total. The number of nitrogens with zero attached hydrogens (tertiary/aromatic N) is 4. The van der Waals surface area contributed by atoms with Crippen molar-refractivity contribution < 1.29 is 10.1 Å². The Labute approximate surface area is 95.4 Å². The van der Waals surface area contributed by atoms with E-state index >= 15 is 0 Å². The molecule has 86 valence electrons. The number of aromatic nitrogens is 2. The molecule has 7 heteroatoms. The van der Waals surface area contributed by atoms with Crippen LogP contribution in [0.5, 0.6) is 0 Å². The molecule has 2 rings (SSSR count). The molecule has 0 saturated heterocycles. The standard InChI is InChI=1S/C10H8N4O3/c15-13-6-2-1-3-10(13)12-8-4-5-11-7-9(8)14(16)17/h1-7,15H. The Kier molecular flexibility index (Phi) is 2.82. The maximum Gasteiger partial charge on any atom is 0.313 e. The summed E-state index contributed by atoms with van der Waals surface area (Å²) in [6, 6.07) is 6.22. The van der Waals surface area contributed by atoms with Crippen LogP contribution in [0.25, 0.3) is 0 Å². The van der Waals surface area contributed by atoms with Gasteiger partial charge in [0.15, 0.2) is 5.49 Å². The molecule has 0 saturated carbocycles. The molecule has 0 atom stereocenters. The molecule has 0 aromatic carbocycles. The smallest absolute Gasteiger partial charge is 0.313 e. The van der Waals surface area contributed by atoms with Crippen LogP contribution in [-0.2, 0) is 0 Å². The molecule has 0 amide bonds. The Hall–Kier alpha value is -2.70. The van der Waals surface area contributed by atoms with Crippen molar-refractivity contribution in [1.82, 2.24) is 9.71 Å². The monoisotopic (exact) mass is 232 g/mol. The molecule has 0 aliphatic heterocycles. The second kappa shape index (κ2) is 4.44. The molecule has 2 heterocycles. The van der Waals surface area contributed by atoms with Gasteiger partial charge in [0.25, 0.3) is 0 Å². The number of nitro groups is 1. The molecule has 0 fully saturated rings. The third-order valence-corrected chi connectivity index (χ3v) is 2.03. The van der Waals surface area contributed by atoms with E-state index < -0.39 is 4.92 Å². The van der Waals surface area contributed by atoms with Crippen molar-refractivity contribution in [1.29, 1.82) is 0 Å². The molecule has 2 aromatic heterocycles. The van der Waals surface area contributed by atoms with Crippen molar-refractivity contribution in [3.05, 3.63) is 58.5 Å². The predicted octanol–water partition coefficient (Wildman–Crippen LogP) is 1.26. The predicted molar refractivity (Wildman–Crippen MR) is 57.7 cm³/mol. The summed E-state index contributed by atoms with van der Waals surface area (Å²) in [5.74, 6) is 0. The average molecular weight is 232 g/mol. The van der Waals surface area contributed by atoms with E-state index in [9.17, 15) is 15.3 Å². The van der Waals surface area contributed by atoms with Gasteiger partial charge in [0.2, 0.25) is 0 Å². The second-order valence-electron chi connectivity index (χ2n) is 3.14. The van der Waals surface area contributed by atoms with Gasteiger partial charge in [-0.2, -0.15) is 4.73 Å². The minimum absolute atomic E-state index is 0.138. The Balaban J connectivity index is 2.61. The fourth-order valence-electron chi connectivity index (χ4n) is 1.25. The van der Waals surface area contributed by atoms with E-state index in [-0.39, 0.29) is 16.9 Å². The van der Waals surface area contributed by atoms with Gasteiger partial charge in [-0.3, -0.25) is 15.1 Å². The highest BCUT2D eigenvalue weighted by atomic mass is 16.6. The third-order valence-electron chi connectivity index (χ3n) is 2.03. The molecule has 17 heavy (non-hydrogen) atoms. The van der Waals surface area contributed by atoms with E-state index in [0.717, 1.165) is 10.9 Å². The Morgan fingerprint density at radius 2 is 2.24 bits per heavy atom. The van der Waals surface area contributed by atoms with Crippen molar-refractivity contribution >= 4 is 11.4 Å². The fraction of sp³-hybridized carbons (Fsp3) is 0. The van der Waals surface area contributed by atoms with Crippen LogP contribution in [0.4, 0.5) is 11.4 Å². The molecular formula is C10H8N4O3. The Morgan fingerprint density at radius 3 is 2.94 bits per heavy atom. The number of rotatable bonds is 2. The molecule has 0 aliphatic carbocycles. The highest BCUT2D eigenvalue weighted by molar-refractivity contribution is 5.54. The first-order valence-corrected chi connectivity index (χ1v) is 4.68. The summed E-state index contributed by atoms with van der Waals surface area (Å²) in [4.78, 5) is 17.8. The zero-order chi connectivity index (χ0) is 12.3. The molecule has 0 unspecified atom stereocenters. The minimum atomic E-state index is -0.573. The number of hydrogen-bond donors (Lipinski definition) is 1. The van der Waals surface area contributed by atoms with Gasteiger partial charge in [-0.25, -0.2) is 4.99 Å². The van der Waals surface area contributed by atoms with Crippen molar-refractivity contribution in [3.8, 4) is 0 Å². The first-order chi connectivity index (χ1) is 8.18.